The van der Waals surface area contributed by atoms with Crippen LogP contribution < -0.4 is 0 Å². The molecule has 3 aromatic rings. The van der Waals surface area contributed by atoms with E-state index in [0.29, 0.717) is 22.5 Å². The van der Waals surface area contributed by atoms with Crippen LogP contribution in [0, 0.1) is 11.7 Å². The number of carbonyl (C=O) groups is 1. The lowest BCUT2D eigenvalue weighted by Gasteiger charge is -2.18. The van der Waals surface area contributed by atoms with Crippen molar-refractivity contribution in [3.8, 4) is 0 Å². The number of carboxylic acids is 1. The van der Waals surface area contributed by atoms with Crippen LogP contribution in [-0.4, -0.2) is 46.7 Å². The van der Waals surface area contributed by atoms with E-state index in [1.165, 1.54) is 22.5 Å². The Kier molecular flexibility index (Phi) is 5.46. The molecule has 2 heterocycles. The molecule has 2 atom stereocenters. The molecule has 174 valence electrons. The molecule has 1 aliphatic heterocycles. The average Bonchev–Trinajstić information content (AvgIpc) is 3.44. The molecule has 1 saturated carbocycles. The molecule has 0 spiro atoms. The number of aromatic nitrogens is 2. The highest BCUT2D eigenvalue weighted by Crippen LogP contribution is 2.42. The van der Waals surface area contributed by atoms with Crippen molar-refractivity contribution >= 4 is 38.5 Å². The van der Waals surface area contributed by atoms with E-state index in [9.17, 15) is 22.7 Å². The number of rotatable bonds is 6. The van der Waals surface area contributed by atoms with Gasteiger partial charge in [-0.2, -0.15) is 9.40 Å². The van der Waals surface area contributed by atoms with E-state index in [1.807, 2.05) is 13.0 Å². The molecule has 5 rings (SSSR count). The molecule has 10 heteroatoms. The quantitative estimate of drug-likeness (QED) is 0.557. The summed E-state index contributed by atoms with van der Waals surface area (Å²) < 4.78 is 43.8. The third-order valence-corrected chi connectivity index (χ3v) is 8.85. The molecule has 0 unspecified atom stereocenters. The summed E-state index contributed by atoms with van der Waals surface area (Å²) in [5.41, 5.74) is 1.83. The van der Waals surface area contributed by atoms with Crippen LogP contribution >= 0.6 is 11.6 Å². The predicted octanol–water partition coefficient (Wildman–Crippen LogP) is 4.22. The van der Waals surface area contributed by atoms with E-state index in [2.05, 4.69) is 5.10 Å². The number of halogens is 2. The van der Waals surface area contributed by atoms with Crippen molar-refractivity contribution in [3.05, 3.63) is 58.5 Å². The van der Waals surface area contributed by atoms with Crippen LogP contribution in [0.1, 0.15) is 43.0 Å². The number of aliphatic carboxylic acids is 1. The molecular weight excluding hydrogens is 469 g/mol. The smallest absolute Gasteiger partial charge is 0.309 e. The zero-order chi connectivity index (χ0) is 23.5. The van der Waals surface area contributed by atoms with Gasteiger partial charge in [0.1, 0.15) is 10.7 Å². The predicted molar refractivity (Wildman–Crippen MR) is 121 cm³/mol. The SMILES string of the molecule is C[C@@H]1CN(S(=O)(=O)c2ccc(C3CC3)cc2Cl)C[C@@H]1n1nc(CC(=O)O)c2ccc(F)cc21. The number of carboxylic acid groups (broad SMARTS) is 1. The Morgan fingerprint density at radius 2 is 1.97 bits per heavy atom. The van der Waals surface area contributed by atoms with Crippen molar-refractivity contribution in [1.82, 2.24) is 14.1 Å². The second-order valence-corrected chi connectivity index (χ2v) is 11.3. The average molecular weight is 492 g/mol. The minimum absolute atomic E-state index is 0.0735. The normalized spacial score (nSPS) is 21.7. The van der Waals surface area contributed by atoms with Gasteiger partial charge in [-0.15, -0.1) is 0 Å². The van der Waals surface area contributed by atoms with Crippen molar-refractivity contribution in [2.75, 3.05) is 13.1 Å². The van der Waals surface area contributed by atoms with Gasteiger partial charge in [0.25, 0.3) is 0 Å². The summed E-state index contributed by atoms with van der Waals surface area (Å²) >= 11 is 6.38. The lowest BCUT2D eigenvalue weighted by Crippen LogP contribution is -2.29. The van der Waals surface area contributed by atoms with Gasteiger partial charge in [0.2, 0.25) is 10.0 Å². The Morgan fingerprint density at radius 3 is 2.64 bits per heavy atom. The molecule has 33 heavy (non-hydrogen) atoms. The molecule has 0 amide bonds. The molecule has 2 aromatic carbocycles. The monoisotopic (exact) mass is 491 g/mol. The van der Waals surface area contributed by atoms with Crippen LogP contribution in [0.5, 0.6) is 0 Å². The van der Waals surface area contributed by atoms with E-state index < -0.39 is 21.8 Å². The maximum Gasteiger partial charge on any atom is 0.309 e. The first-order chi connectivity index (χ1) is 15.6. The summed E-state index contributed by atoms with van der Waals surface area (Å²) in [7, 11) is -3.85. The van der Waals surface area contributed by atoms with Gasteiger partial charge in [-0.3, -0.25) is 9.48 Å². The molecule has 1 saturated heterocycles. The van der Waals surface area contributed by atoms with Crippen LogP contribution in [0.2, 0.25) is 5.02 Å². The summed E-state index contributed by atoms with van der Waals surface area (Å²) in [4.78, 5) is 11.4. The van der Waals surface area contributed by atoms with Gasteiger partial charge in [-0.05, 0) is 60.6 Å². The summed E-state index contributed by atoms with van der Waals surface area (Å²) in [6.07, 6.45) is 1.88. The number of hydrogen-bond donors (Lipinski definition) is 1. The third kappa shape index (κ3) is 4.02. The van der Waals surface area contributed by atoms with Gasteiger partial charge in [0.05, 0.1) is 28.7 Å². The topological polar surface area (TPSA) is 92.5 Å². The molecule has 2 fully saturated rings. The molecule has 7 nitrogen and oxygen atoms in total. The Labute approximate surface area is 195 Å². The maximum atomic E-state index is 14.0. The number of fused-ring (bicyclic) bond motifs is 1. The summed E-state index contributed by atoms with van der Waals surface area (Å²) in [6.45, 7) is 2.28. The van der Waals surface area contributed by atoms with Crippen LogP contribution in [0.15, 0.2) is 41.3 Å². The van der Waals surface area contributed by atoms with Crippen LogP contribution in [-0.2, 0) is 21.2 Å². The number of benzene rings is 2. The van der Waals surface area contributed by atoms with Crippen molar-refractivity contribution in [2.45, 2.75) is 43.0 Å². The third-order valence-electron chi connectivity index (χ3n) is 6.54. The van der Waals surface area contributed by atoms with E-state index in [0.717, 1.165) is 18.4 Å². The second-order valence-electron chi connectivity index (χ2n) is 8.95. The lowest BCUT2D eigenvalue weighted by atomic mass is 10.1. The number of hydrogen-bond acceptors (Lipinski definition) is 4. The van der Waals surface area contributed by atoms with Crippen LogP contribution in [0.25, 0.3) is 10.9 Å². The van der Waals surface area contributed by atoms with Crippen molar-refractivity contribution < 1.29 is 22.7 Å². The Morgan fingerprint density at radius 1 is 1.21 bits per heavy atom. The van der Waals surface area contributed by atoms with Gasteiger partial charge in [-0.25, -0.2) is 12.8 Å². The maximum absolute atomic E-state index is 14.0. The molecule has 1 N–H and O–H groups in total. The summed E-state index contributed by atoms with van der Waals surface area (Å²) in [6, 6.07) is 8.86. The van der Waals surface area contributed by atoms with Crippen LogP contribution in [0.4, 0.5) is 4.39 Å². The highest BCUT2D eigenvalue weighted by molar-refractivity contribution is 7.89. The number of sulfonamides is 1. The first kappa shape index (κ1) is 22.3. The molecule has 1 aromatic heterocycles. The zero-order valence-corrected chi connectivity index (χ0v) is 19.5. The van der Waals surface area contributed by atoms with Crippen molar-refractivity contribution in [1.29, 1.82) is 0 Å². The first-order valence-corrected chi connectivity index (χ1v) is 12.6. The Balaban J connectivity index is 1.49. The highest BCUT2D eigenvalue weighted by Gasteiger charge is 2.40. The molecule has 0 radical (unpaired) electrons. The summed E-state index contributed by atoms with van der Waals surface area (Å²) in [5, 5.41) is 14.5. The van der Waals surface area contributed by atoms with Gasteiger partial charge < -0.3 is 5.11 Å². The zero-order valence-electron chi connectivity index (χ0n) is 17.9. The van der Waals surface area contributed by atoms with E-state index >= 15 is 0 Å². The second kappa shape index (κ2) is 8.07. The molecular formula is C23H23ClFN3O4S. The summed E-state index contributed by atoms with van der Waals surface area (Å²) in [5.74, 6) is -1.18. The van der Waals surface area contributed by atoms with Crippen molar-refractivity contribution in [3.63, 3.8) is 0 Å². The Bertz CT molecular complexity index is 1370. The fourth-order valence-electron chi connectivity index (χ4n) is 4.66. The van der Waals surface area contributed by atoms with Crippen molar-refractivity contribution in [2.24, 2.45) is 5.92 Å². The number of nitrogens with zero attached hydrogens (tertiary/aromatic N) is 3. The van der Waals surface area contributed by atoms with Gasteiger partial charge in [0.15, 0.2) is 0 Å². The first-order valence-electron chi connectivity index (χ1n) is 10.8. The Hall–Kier alpha value is -2.49. The molecule has 2 aliphatic rings. The minimum atomic E-state index is -3.85. The fourth-order valence-corrected chi connectivity index (χ4v) is 6.74. The molecule has 1 aliphatic carbocycles. The van der Waals surface area contributed by atoms with Gasteiger partial charge in [0, 0.05) is 18.5 Å². The van der Waals surface area contributed by atoms with Gasteiger partial charge >= 0.3 is 5.97 Å². The lowest BCUT2D eigenvalue weighted by molar-refractivity contribution is -0.136. The minimum Gasteiger partial charge on any atom is -0.481 e. The largest absolute Gasteiger partial charge is 0.481 e. The molecule has 0 bridgehead atoms. The van der Waals surface area contributed by atoms with E-state index in [4.69, 9.17) is 11.6 Å². The fraction of sp³-hybridized carbons (Fsp3) is 0.391. The standard InChI is InChI=1S/C23H23ClFN3O4S/c1-13-11-27(33(31,32)22-7-4-15(8-18(22)24)14-2-3-14)12-21(13)28-20-9-16(25)5-6-17(20)19(26-28)10-23(29)30/h4-9,13-14,21H,2-3,10-12H2,1H3,(H,29,30)/t13-,21+/m1/s1. The van der Waals surface area contributed by atoms with E-state index in [-0.39, 0.29) is 41.4 Å². The van der Waals surface area contributed by atoms with Crippen LogP contribution in [0.3, 0.4) is 0 Å². The highest BCUT2D eigenvalue weighted by atomic mass is 35.5. The van der Waals surface area contributed by atoms with Gasteiger partial charge in [-0.1, -0.05) is 24.6 Å². The van der Waals surface area contributed by atoms with E-state index in [1.54, 1.807) is 16.8 Å².